The molecule has 0 bridgehead atoms. The highest BCUT2D eigenvalue weighted by Crippen LogP contribution is 2.28. The van der Waals surface area contributed by atoms with E-state index in [0.717, 1.165) is 6.07 Å². The van der Waals surface area contributed by atoms with Gasteiger partial charge in [-0.3, -0.25) is 19.7 Å². The zero-order valence-electron chi connectivity index (χ0n) is 14.7. The van der Waals surface area contributed by atoms with Gasteiger partial charge < -0.3 is 15.4 Å². The molecule has 0 saturated heterocycles. The van der Waals surface area contributed by atoms with E-state index < -0.39 is 10.8 Å². The highest BCUT2D eigenvalue weighted by molar-refractivity contribution is 6.09. The minimum Gasteiger partial charge on any atom is -0.487 e. The summed E-state index contributed by atoms with van der Waals surface area (Å²) in [5.74, 6) is -0.864. The molecule has 2 N–H and O–H groups in total. The molecule has 2 amide bonds. The van der Waals surface area contributed by atoms with Crippen molar-refractivity contribution in [2.45, 2.75) is 6.92 Å². The summed E-state index contributed by atoms with van der Waals surface area (Å²) in [6.07, 6.45) is 1.54. The van der Waals surface area contributed by atoms with Crippen molar-refractivity contribution < 1.29 is 19.2 Å². The SMILES string of the molecule is C=CCNC(=O)c1ccccc1NC(=O)c1ccc(OCC)c([N+](=O)[O-])c1. The van der Waals surface area contributed by atoms with Gasteiger partial charge in [0.1, 0.15) is 0 Å². The maximum atomic E-state index is 12.5. The molecule has 0 radical (unpaired) electrons. The summed E-state index contributed by atoms with van der Waals surface area (Å²) in [6, 6.07) is 10.4. The van der Waals surface area contributed by atoms with E-state index in [0.29, 0.717) is 5.69 Å². The van der Waals surface area contributed by atoms with E-state index in [1.54, 1.807) is 31.2 Å². The van der Waals surface area contributed by atoms with Crippen LogP contribution in [0.5, 0.6) is 5.75 Å². The molecule has 8 heteroatoms. The van der Waals surface area contributed by atoms with Crippen LogP contribution in [-0.2, 0) is 0 Å². The number of nitro benzene ring substituents is 1. The van der Waals surface area contributed by atoms with Gasteiger partial charge in [0.15, 0.2) is 5.75 Å². The van der Waals surface area contributed by atoms with Crippen molar-refractivity contribution in [3.63, 3.8) is 0 Å². The van der Waals surface area contributed by atoms with Crippen LogP contribution >= 0.6 is 0 Å². The maximum absolute atomic E-state index is 12.5. The van der Waals surface area contributed by atoms with Crippen LogP contribution in [0.15, 0.2) is 55.1 Å². The molecule has 2 rings (SSSR count). The van der Waals surface area contributed by atoms with Gasteiger partial charge in [-0.15, -0.1) is 6.58 Å². The Bertz CT molecular complexity index is 879. The van der Waals surface area contributed by atoms with Crippen molar-refractivity contribution in [1.29, 1.82) is 0 Å². The van der Waals surface area contributed by atoms with Crippen molar-refractivity contribution in [3.8, 4) is 5.75 Å². The Labute approximate surface area is 156 Å². The minimum atomic E-state index is -0.613. The second kappa shape index (κ2) is 9.14. The summed E-state index contributed by atoms with van der Waals surface area (Å²) in [4.78, 5) is 35.3. The van der Waals surface area contributed by atoms with E-state index in [-0.39, 0.29) is 41.6 Å². The van der Waals surface area contributed by atoms with Gasteiger partial charge in [-0.2, -0.15) is 0 Å². The molecular weight excluding hydrogens is 350 g/mol. The Hall–Kier alpha value is -3.68. The van der Waals surface area contributed by atoms with Crippen LogP contribution < -0.4 is 15.4 Å². The number of hydrogen-bond donors (Lipinski definition) is 2. The van der Waals surface area contributed by atoms with Crippen LogP contribution in [0.2, 0.25) is 0 Å². The number of carbonyl (C=O) groups excluding carboxylic acids is 2. The van der Waals surface area contributed by atoms with Crippen LogP contribution in [0.1, 0.15) is 27.6 Å². The molecular formula is C19H19N3O5. The van der Waals surface area contributed by atoms with E-state index in [4.69, 9.17) is 4.74 Å². The number of hydrogen-bond acceptors (Lipinski definition) is 5. The number of anilines is 1. The smallest absolute Gasteiger partial charge is 0.311 e. The molecule has 27 heavy (non-hydrogen) atoms. The Kier molecular flexibility index (Phi) is 6.65. The summed E-state index contributed by atoms with van der Waals surface area (Å²) in [6.45, 7) is 5.78. The molecule has 0 heterocycles. The van der Waals surface area contributed by atoms with E-state index >= 15 is 0 Å². The molecule has 2 aromatic carbocycles. The molecule has 0 unspecified atom stereocenters. The molecule has 140 valence electrons. The molecule has 0 fully saturated rings. The van der Waals surface area contributed by atoms with Crippen molar-refractivity contribution in [1.82, 2.24) is 5.32 Å². The fourth-order valence-electron chi connectivity index (χ4n) is 2.32. The molecule has 2 aromatic rings. The molecule has 0 aliphatic rings. The first-order valence-corrected chi connectivity index (χ1v) is 8.18. The lowest BCUT2D eigenvalue weighted by atomic mass is 10.1. The fraction of sp³-hybridized carbons (Fsp3) is 0.158. The number of carbonyl (C=O) groups is 2. The lowest BCUT2D eigenvalue weighted by Gasteiger charge is -2.11. The number of nitrogens with one attached hydrogen (secondary N) is 2. The number of para-hydroxylation sites is 1. The Morgan fingerprint density at radius 2 is 1.96 bits per heavy atom. The Balaban J connectivity index is 2.28. The second-order valence-electron chi connectivity index (χ2n) is 5.37. The molecule has 0 aliphatic carbocycles. The van der Waals surface area contributed by atoms with Gasteiger partial charge in [-0.05, 0) is 31.2 Å². The first-order chi connectivity index (χ1) is 13.0. The van der Waals surface area contributed by atoms with Crippen LogP contribution in [0, 0.1) is 10.1 Å². The lowest BCUT2D eigenvalue weighted by Crippen LogP contribution is -2.25. The van der Waals surface area contributed by atoms with Gasteiger partial charge in [-0.25, -0.2) is 0 Å². The van der Waals surface area contributed by atoms with E-state index in [9.17, 15) is 19.7 Å². The van der Waals surface area contributed by atoms with Gasteiger partial charge in [0.2, 0.25) is 0 Å². The third-order valence-electron chi connectivity index (χ3n) is 3.54. The topological polar surface area (TPSA) is 111 Å². The van der Waals surface area contributed by atoms with E-state index in [1.807, 2.05) is 0 Å². The molecule has 0 aromatic heterocycles. The first-order valence-electron chi connectivity index (χ1n) is 8.18. The Morgan fingerprint density at radius 3 is 2.63 bits per heavy atom. The van der Waals surface area contributed by atoms with Gasteiger partial charge in [0.05, 0.1) is 22.8 Å². The van der Waals surface area contributed by atoms with Crippen LogP contribution in [0.4, 0.5) is 11.4 Å². The summed E-state index contributed by atoms with van der Waals surface area (Å²) < 4.78 is 5.21. The van der Waals surface area contributed by atoms with Crippen LogP contribution in [-0.4, -0.2) is 29.9 Å². The van der Waals surface area contributed by atoms with Crippen molar-refractivity contribution >= 4 is 23.2 Å². The van der Waals surface area contributed by atoms with E-state index in [2.05, 4.69) is 17.2 Å². The van der Waals surface area contributed by atoms with Crippen LogP contribution in [0.25, 0.3) is 0 Å². The minimum absolute atomic E-state index is 0.0754. The number of nitrogens with zero attached hydrogens (tertiary/aromatic N) is 1. The second-order valence-corrected chi connectivity index (χ2v) is 5.37. The van der Waals surface area contributed by atoms with E-state index in [1.165, 1.54) is 18.2 Å². The van der Waals surface area contributed by atoms with Gasteiger partial charge >= 0.3 is 5.69 Å². The molecule has 0 atom stereocenters. The molecule has 0 spiro atoms. The summed E-state index contributed by atoms with van der Waals surface area (Å²) in [7, 11) is 0. The average molecular weight is 369 g/mol. The van der Waals surface area contributed by atoms with Crippen molar-refractivity contribution in [2.24, 2.45) is 0 Å². The van der Waals surface area contributed by atoms with Gasteiger partial charge in [0.25, 0.3) is 11.8 Å². The standard InChI is InChI=1S/C19H19N3O5/c1-3-11-20-19(24)14-7-5-6-8-15(14)21-18(23)13-9-10-17(27-4-2)16(12-13)22(25)26/h3,5-10,12H,1,4,11H2,2H3,(H,20,24)(H,21,23). The number of amides is 2. The van der Waals surface area contributed by atoms with Crippen molar-refractivity contribution in [3.05, 3.63) is 76.4 Å². The third-order valence-corrected chi connectivity index (χ3v) is 3.54. The first kappa shape index (κ1) is 19.6. The van der Waals surface area contributed by atoms with Crippen molar-refractivity contribution in [2.75, 3.05) is 18.5 Å². The third kappa shape index (κ3) is 4.91. The largest absolute Gasteiger partial charge is 0.487 e. The Morgan fingerprint density at radius 1 is 1.22 bits per heavy atom. The zero-order valence-corrected chi connectivity index (χ0v) is 14.7. The number of nitro groups is 1. The average Bonchev–Trinajstić information content (AvgIpc) is 2.66. The summed E-state index contributed by atoms with van der Waals surface area (Å²) in [5.41, 5.74) is 0.335. The monoisotopic (exact) mass is 369 g/mol. The maximum Gasteiger partial charge on any atom is 0.311 e. The number of ether oxygens (including phenoxy) is 1. The normalized spacial score (nSPS) is 9.96. The summed E-state index contributed by atoms with van der Waals surface area (Å²) in [5, 5.41) is 16.5. The summed E-state index contributed by atoms with van der Waals surface area (Å²) >= 11 is 0. The molecule has 8 nitrogen and oxygen atoms in total. The van der Waals surface area contributed by atoms with Gasteiger partial charge in [0, 0.05) is 18.2 Å². The highest BCUT2D eigenvalue weighted by Gasteiger charge is 2.20. The predicted octanol–water partition coefficient (Wildman–Crippen LogP) is 3.16. The van der Waals surface area contributed by atoms with Crippen LogP contribution in [0.3, 0.4) is 0 Å². The number of rotatable bonds is 8. The quantitative estimate of drug-likeness (QED) is 0.422. The fourth-order valence-corrected chi connectivity index (χ4v) is 2.32. The zero-order chi connectivity index (χ0) is 19.8. The number of benzene rings is 2. The molecule has 0 aliphatic heterocycles. The molecule has 0 saturated carbocycles. The predicted molar refractivity (Wildman–Crippen MR) is 101 cm³/mol. The lowest BCUT2D eigenvalue weighted by molar-refractivity contribution is -0.385. The van der Waals surface area contributed by atoms with Gasteiger partial charge in [-0.1, -0.05) is 18.2 Å². The highest BCUT2D eigenvalue weighted by atomic mass is 16.6.